The number of ether oxygens (including phenoxy) is 1. The van der Waals surface area contributed by atoms with Crippen LogP contribution in [0.3, 0.4) is 0 Å². The molecule has 2 aromatic rings. The standard InChI is InChI=1S/C20H22N4O5/c1-12-16(19(25)26)17(18(20(27)28)15(23-12)10-29-8-5-21)13-3-2-4-14(9-13)24-7-6-22-11-24/h2-4,6-7,9,11,17,23H,5,8,10,21H2,1H3,(H,25,26)(H,27,28). The third kappa shape index (κ3) is 4.20. The van der Waals surface area contributed by atoms with E-state index in [2.05, 4.69) is 10.3 Å². The number of hydrogen-bond donors (Lipinski definition) is 4. The molecule has 152 valence electrons. The number of nitrogens with two attached hydrogens (primary N) is 1. The normalized spacial score (nSPS) is 16.7. The highest BCUT2D eigenvalue weighted by Crippen LogP contribution is 2.39. The first kappa shape index (κ1) is 20.3. The van der Waals surface area contributed by atoms with E-state index in [0.717, 1.165) is 5.69 Å². The molecular weight excluding hydrogens is 376 g/mol. The van der Waals surface area contributed by atoms with Gasteiger partial charge in [0.05, 0.1) is 42.3 Å². The van der Waals surface area contributed by atoms with Gasteiger partial charge >= 0.3 is 11.9 Å². The summed E-state index contributed by atoms with van der Waals surface area (Å²) in [4.78, 5) is 28.2. The lowest BCUT2D eigenvalue weighted by molar-refractivity contribution is -0.133. The van der Waals surface area contributed by atoms with Gasteiger partial charge in [-0.2, -0.15) is 0 Å². The highest BCUT2D eigenvalue weighted by atomic mass is 16.5. The maximum atomic E-state index is 12.2. The summed E-state index contributed by atoms with van der Waals surface area (Å²) in [5.41, 5.74) is 7.32. The lowest BCUT2D eigenvalue weighted by atomic mass is 9.80. The van der Waals surface area contributed by atoms with Crippen LogP contribution in [0, 0.1) is 0 Å². The molecule has 2 heterocycles. The first-order valence-electron chi connectivity index (χ1n) is 8.97. The molecule has 0 saturated heterocycles. The maximum absolute atomic E-state index is 12.2. The first-order valence-corrected chi connectivity index (χ1v) is 8.97. The zero-order valence-electron chi connectivity index (χ0n) is 15.8. The van der Waals surface area contributed by atoms with Crippen molar-refractivity contribution in [1.82, 2.24) is 14.9 Å². The maximum Gasteiger partial charge on any atom is 0.334 e. The van der Waals surface area contributed by atoms with E-state index in [4.69, 9.17) is 10.5 Å². The second-order valence-electron chi connectivity index (χ2n) is 6.51. The number of carbonyl (C=O) groups is 2. The van der Waals surface area contributed by atoms with Crippen LogP contribution >= 0.6 is 0 Å². The molecule has 1 atom stereocenters. The van der Waals surface area contributed by atoms with Gasteiger partial charge in [-0.1, -0.05) is 12.1 Å². The van der Waals surface area contributed by atoms with E-state index in [9.17, 15) is 19.8 Å². The molecule has 0 fully saturated rings. The molecule has 1 unspecified atom stereocenters. The van der Waals surface area contributed by atoms with Crippen LogP contribution in [0.25, 0.3) is 5.69 Å². The first-order chi connectivity index (χ1) is 13.9. The molecule has 3 rings (SSSR count). The molecule has 0 saturated carbocycles. The lowest BCUT2D eigenvalue weighted by Gasteiger charge is -2.30. The largest absolute Gasteiger partial charge is 0.478 e. The summed E-state index contributed by atoms with van der Waals surface area (Å²) in [5, 5.41) is 22.6. The summed E-state index contributed by atoms with van der Waals surface area (Å²) in [6.45, 7) is 2.15. The number of imidazole rings is 1. The summed E-state index contributed by atoms with van der Waals surface area (Å²) >= 11 is 0. The fraction of sp³-hybridized carbons (Fsp3) is 0.250. The average molecular weight is 398 g/mol. The summed E-state index contributed by atoms with van der Waals surface area (Å²) in [6, 6.07) is 7.06. The molecule has 1 aliphatic rings. The summed E-state index contributed by atoms with van der Waals surface area (Å²) in [6.07, 6.45) is 4.99. The molecule has 5 N–H and O–H groups in total. The van der Waals surface area contributed by atoms with E-state index in [-0.39, 0.29) is 24.4 Å². The minimum Gasteiger partial charge on any atom is -0.478 e. The van der Waals surface area contributed by atoms with Crippen molar-refractivity contribution in [1.29, 1.82) is 0 Å². The van der Waals surface area contributed by atoms with Gasteiger partial charge in [0, 0.05) is 30.3 Å². The van der Waals surface area contributed by atoms with Gasteiger partial charge in [-0.05, 0) is 24.6 Å². The Bertz CT molecular complexity index is 979. The Labute approximate surface area is 167 Å². The quantitative estimate of drug-likeness (QED) is 0.487. The van der Waals surface area contributed by atoms with Crippen LogP contribution in [0.1, 0.15) is 18.4 Å². The third-order valence-corrected chi connectivity index (χ3v) is 4.62. The van der Waals surface area contributed by atoms with Crippen LogP contribution in [-0.4, -0.2) is 51.5 Å². The van der Waals surface area contributed by atoms with E-state index < -0.39 is 17.9 Å². The Balaban J connectivity index is 2.14. The van der Waals surface area contributed by atoms with Gasteiger partial charge in [0.15, 0.2) is 0 Å². The predicted octanol–water partition coefficient (Wildman–Crippen LogP) is 1.23. The number of aliphatic carboxylic acids is 2. The van der Waals surface area contributed by atoms with Crippen LogP contribution in [0.15, 0.2) is 65.5 Å². The molecule has 1 aromatic carbocycles. The minimum atomic E-state index is -1.21. The van der Waals surface area contributed by atoms with Gasteiger partial charge in [0.2, 0.25) is 0 Å². The van der Waals surface area contributed by atoms with Crippen molar-refractivity contribution in [2.24, 2.45) is 5.73 Å². The van der Waals surface area contributed by atoms with Gasteiger partial charge in [-0.15, -0.1) is 0 Å². The monoisotopic (exact) mass is 398 g/mol. The molecule has 29 heavy (non-hydrogen) atoms. The van der Waals surface area contributed by atoms with E-state index in [1.165, 1.54) is 0 Å². The Hall–Kier alpha value is -3.43. The third-order valence-electron chi connectivity index (χ3n) is 4.62. The lowest BCUT2D eigenvalue weighted by Crippen LogP contribution is -2.34. The van der Waals surface area contributed by atoms with Crippen molar-refractivity contribution in [3.8, 4) is 5.69 Å². The number of benzene rings is 1. The van der Waals surface area contributed by atoms with Gasteiger partial charge in [-0.3, -0.25) is 0 Å². The van der Waals surface area contributed by atoms with Crippen LogP contribution in [0.2, 0.25) is 0 Å². The molecule has 0 bridgehead atoms. The van der Waals surface area contributed by atoms with Gasteiger partial charge in [-0.25, -0.2) is 14.6 Å². The van der Waals surface area contributed by atoms with Crippen molar-refractivity contribution in [2.45, 2.75) is 12.8 Å². The minimum absolute atomic E-state index is 0.0131. The molecule has 0 amide bonds. The van der Waals surface area contributed by atoms with Crippen molar-refractivity contribution in [3.63, 3.8) is 0 Å². The number of hydrogen-bond acceptors (Lipinski definition) is 6. The molecular formula is C20H22N4O5. The summed E-state index contributed by atoms with van der Waals surface area (Å²) in [7, 11) is 0. The SMILES string of the molecule is CC1=C(C(=O)O)C(c2cccc(-n3ccnc3)c2)C(C(=O)O)=C(COCCN)N1. The van der Waals surface area contributed by atoms with Crippen LogP contribution in [0.4, 0.5) is 0 Å². The number of carboxylic acid groups (broad SMARTS) is 2. The highest BCUT2D eigenvalue weighted by molar-refractivity contribution is 5.98. The van der Waals surface area contributed by atoms with Gasteiger partial charge in [0.25, 0.3) is 0 Å². The fourth-order valence-electron chi connectivity index (χ4n) is 3.41. The van der Waals surface area contributed by atoms with E-state index >= 15 is 0 Å². The highest BCUT2D eigenvalue weighted by Gasteiger charge is 2.37. The fourth-order valence-corrected chi connectivity index (χ4v) is 3.41. The number of nitrogens with zero attached hydrogens (tertiary/aromatic N) is 2. The Morgan fingerprint density at radius 2 is 2.03 bits per heavy atom. The Morgan fingerprint density at radius 3 is 2.66 bits per heavy atom. The Kier molecular flexibility index (Phi) is 6.10. The number of rotatable bonds is 8. The summed E-state index contributed by atoms with van der Waals surface area (Å²) < 4.78 is 7.18. The van der Waals surface area contributed by atoms with E-state index in [1.54, 1.807) is 48.4 Å². The molecule has 0 radical (unpaired) electrons. The van der Waals surface area contributed by atoms with Crippen molar-refractivity contribution >= 4 is 11.9 Å². The zero-order chi connectivity index (χ0) is 21.0. The molecule has 9 nitrogen and oxygen atoms in total. The second-order valence-corrected chi connectivity index (χ2v) is 6.51. The zero-order valence-corrected chi connectivity index (χ0v) is 15.8. The molecule has 1 aliphatic heterocycles. The van der Waals surface area contributed by atoms with Crippen LogP contribution < -0.4 is 11.1 Å². The van der Waals surface area contributed by atoms with Crippen molar-refractivity contribution in [3.05, 3.63) is 71.1 Å². The number of nitrogens with one attached hydrogen (secondary N) is 1. The Morgan fingerprint density at radius 1 is 1.28 bits per heavy atom. The number of dihydropyridines is 1. The predicted molar refractivity (Wildman–Crippen MR) is 104 cm³/mol. The smallest absolute Gasteiger partial charge is 0.334 e. The van der Waals surface area contributed by atoms with Gasteiger partial charge < -0.3 is 30.6 Å². The summed E-state index contributed by atoms with van der Waals surface area (Å²) in [5.74, 6) is -3.37. The topological polar surface area (TPSA) is 140 Å². The van der Waals surface area contributed by atoms with Crippen molar-refractivity contribution in [2.75, 3.05) is 19.8 Å². The number of aromatic nitrogens is 2. The molecule has 0 aliphatic carbocycles. The molecule has 1 aromatic heterocycles. The average Bonchev–Trinajstić information content (AvgIpc) is 3.22. The number of carboxylic acids is 2. The second kappa shape index (κ2) is 8.72. The molecule has 0 spiro atoms. The molecule has 9 heteroatoms. The van der Waals surface area contributed by atoms with Crippen LogP contribution in [-0.2, 0) is 14.3 Å². The van der Waals surface area contributed by atoms with Crippen molar-refractivity contribution < 1.29 is 24.5 Å². The van der Waals surface area contributed by atoms with E-state index in [0.29, 0.717) is 23.5 Å². The van der Waals surface area contributed by atoms with Gasteiger partial charge in [0.1, 0.15) is 0 Å². The van der Waals surface area contributed by atoms with Crippen LogP contribution in [0.5, 0.6) is 0 Å². The van der Waals surface area contributed by atoms with E-state index in [1.807, 2.05) is 6.07 Å². The number of allylic oxidation sites excluding steroid dienone is 1.